The van der Waals surface area contributed by atoms with Crippen molar-refractivity contribution in [1.82, 2.24) is 0 Å². The molecule has 4 heteroatoms. The van der Waals surface area contributed by atoms with Gasteiger partial charge in [-0.15, -0.1) is 0 Å². The molecule has 1 aromatic carbocycles. The third-order valence-corrected chi connectivity index (χ3v) is 3.82. The highest BCUT2D eigenvalue weighted by atomic mass is 79.9. The fourth-order valence-electron chi connectivity index (χ4n) is 1.66. The Morgan fingerprint density at radius 3 is 2.73 bits per heavy atom. The normalized spacial score (nSPS) is 16.9. The maximum absolute atomic E-state index is 6.01. The van der Waals surface area contributed by atoms with Crippen molar-refractivity contribution in [2.45, 2.75) is 5.92 Å². The summed E-state index contributed by atoms with van der Waals surface area (Å²) in [6.45, 7) is 1.52. The Labute approximate surface area is 100 Å². The summed E-state index contributed by atoms with van der Waals surface area (Å²) in [5, 5.41) is 1.75. The van der Waals surface area contributed by atoms with Crippen molar-refractivity contribution in [2.75, 3.05) is 13.2 Å². The monoisotopic (exact) mass is 286 g/mol. The van der Waals surface area contributed by atoms with Crippen LogP contribution >= 0.6 is 27.5 Å². The van der Waals surface area contributed by atoms with E-state index in [4.69, 9.17) is 20.8 Å². The lowest BCUT2D eigenvalue weighted by molar-refractivity contribution is 0.000473. The zero-order valence-electron chi connectivity index (χ0n) is 7.80. The van der Waals surface area contributed by atoms with Crippen molar-refractivity contribution >= 4 is 38.5 Å². The Morgan fingerprint density at radius 1 is 1.27 bits per heavy atom. The molecule has 1 saturated heterocycles. The molecule has 1 aliphatic heterocycles. The second kappa shape index (κ2) is 3.51. The maximum Gasteiger partial charge on any atom is 0.135 e. The number of hydrogen-bond acceptors (Lipinski definition) is 2. The van der Waals surface area contributed by atoms with Crippen molar-refractivity contribution in [3.05, 3.63) is 33.5 Å². The Balaban J connectivity index is 2.12. The van der Waals surface area contributed by atoms with Gasteiger partial charge in [0.2, 0.25) is 0 Å². The molecule has 0 atom stereocenters. The van der Waals surface area contributed by atoms with Crippen molar-refractivity contribution < 1.29 is 9.15 Å². The van der Waals surface area contributed by atoms with Crippen LogP contribution in [0.1, 0.15) is 11.7 Å². The molecule has 0 spiro atoms. The molecule has 0 unspecified atom stereocenters. The molecule has 1 aliphatic rings. The summed E-state index contributed by atoms with van der Waals surface area (Å²) >= 11 is 9.39. The SMILES string of the molecule is Clc1cc2cc(C3COC3)oc2cc1Br. The fraction of sp³-hybridized carbons (Fsp3) is 0.273. The molecular weight excluding hydrogens is 279 g/mol. The van der Waals surface area contributed by atoms with E-state index in [0.717, 1.165) is 34.4 Å². The predicted molar refractivity (Wildman–Crippen MR) is 62.5 cm³/mol. The van der Waals surface area contributed by atoms with Gasteiger partial charge in [-0.25, -0.2) is 0 Å². The molecule has 0 amide bonds. The van der Waals surface area contributed by atoms with Gasteiger partial charge in [-0.2, -0.15) is 0 Å². The average molecular weight is 288 g/mol. The van der Waals surface area contributed by atoms with Gasteiger partial charge < -0.3 is 9.15 Å². The third kappa shape index (κ3) is 1.59. The minimum absolute atomic E-state index is 0.412. The van der Waals surface area contributed by atoms with E-state index in [1.807, 2.05) is 18.2 Å². The smallest absolute Gasteiger partial charge is 0.135 e. The second-order valence-electron chi connectivity index (χ2n) is 3.69. The molecule has 1 aromatic heterocycles. The summed E-state index contributed by atoms with van der Waals surface area (Å²) in [5.41, 5.74) is 0.869. The highest BCUT2D eigenvalue weighted by Gasteiger charge is 2.24. The molecule has 1 fully saturated rings. The van der Waals surface area contributed by atoms with E-state index in [0.29, 0.717) is 10.9 Å². The first-order valence-electron chi connectivity index (χ1n) is 4.70. The van der Waals surface area contributed by atoms with Crippen molar-refractivity contribution in [3.63, 3.8) is 0 Å². The number of furan rings is 1. The van der Waals surface area contributed by atoms with Crippen LogP contribution < -0.4 is 0 Å². The van der Waals surface area contributed by atoms with Crippen LogP contribution in [-0.2, 0) is 4.74 Å². The molecule has 0 saturated carbocycles. The van der Waals surface area contributed by atoms with Crippen molar-refractivity contribution in [3.8, 4) is 0 Å². The van der Waals surface area contributed by atoms with Crippen LogP contribution in [0.25, 0.3) is 11.0 Å². The highest BCUT2D eigenvalue weighted by molar-refractivity contribution is 9.10. The van der Waals surface area contributed by atoms with E-state index >= 15 is 0 Å². The molecule has 2 aromatic rings. The zero-order chi connectivity index (χ0) is 10.4. The molecule has 0 radical (unpaired) electrons. The minimum atomic E-state index is 0.412. The molecule has 78 valence electrons. The molecule has 0 bridgehead atoms. The molecule has 0 N–H and O–H groups in total. The average Bonchev–Trinajstić information content (AvgIpc) is 2.45. The van der Waals surface area contributed by atoms with E-state index in [1.54, 1.807) is 0 Å². The Bertz CT molecular complexity index is 478. The number of hydrogen-bond donors (Lipinski definition) is 0. The molecular formula is C11H8BrClO2. The fourth-order valence-corrected chi connectivity index (χ4v) is 2.15. The number of halogens is 2. The largest absolute Gasteiger partial charge is 0.461 e. The summed E-state index contributed by atoms with van der Waals surface area (Å²) in [6, 6.07) is 5.86. The van der Waals surface area contributed by atoms with Gasteiger partial charge in [-0.05, 0) is 34.1 Å². The van der Waals surface area contributed by atoms with Gasteiger partial charge in [-0.1, -0.05) is 11.6 Å². The van der Waals surface area contributed by atoms with Crippen LogP contribution in [0.15, 0.2) is 27.1 Å². The van der Waals surface area contributed by atoms with Gasteiger partial charge >= 0.3 is 0 Å². The Morgan fingerprint density at radius 2 is 2.07 bits per heavy atom. The first-order chi connectivity index (χ1) is 7.24. The number of fused-ring (bicyclic) bond motifs is 1. The standard InChI is InChI=1S/C11H8BrClO2/c12-8-3-11-6(1-9(8)13)2-10(15-11)7-4-14-5-7/h1-3,7H,4-5H2. The first-order valence-corrected chi connectivity index (χ1v) is 5.87. The van der Waals surface area contributed by atoms with E-state index < -0.39 is 0 Å². The van der Waals surface area contributed by atoms with Crippen LogP contribution in [0, 0.1) is 0 Å². The first kappa shape index (κ1) is 9.70. The summed E-state index contributed by atoms with van der Waals surface area (Å²) in [7, 11) is 0. The molecule has 2 nitrogen and oxygen atoms in total. The number of ether oxygens (including phenoxy) is 1. The molecule has 15 heavy (non-hydrogen) atoms. The van der Waals surface area contributed by atoms with Gasteiger partial charge in [0.05, 0.1) is 24.2 Å². The molecule has 0 aliphatic carbocycles. The molecule has 3 rings (SSSR count). The lowest BCUT2D eigenvalue weighted by atomic mass is 10.1. The van der Waals surface area contributed by atoms with Crippen LogP contribution in [0.4, 0.5) is 0 Å². The maximum atomic E-state index is 6.01. The van der Waals surface area contributed by atoms with Gasteiger partial charge in [0.1, 0.15) is 11.3 Å². The van der Waals surface area contributed by atoms with E-state index in [1.165, 1.54) is 0 Å². The minimum Gasteiger partial charge on any atom is -0.461 e. The lowest BCUT2D eigenvalue weighted by Crippen LogP contribution is -2.24. The van der Waals surface area contributed by atoms with Gasteiger partial charge in [0.15, 0.2) is 0 Å². The van der Waals surface area contributed by atoms with Crippen LogP contribution in [0.5, 0.6) is 0 Å². The quantitative estimate of drug-likeness (QED) is 0.792. The van der Waals surface area contributed by atoms with Crippen molar-refractivity contribution in [1.29, 1.82) is 0 Å². The van der Waals surface area contributed by atoms with E-state index in [2.05, 4.69) is 15.9 Å². The van der Waals surface area contributed by atoms with Gasteiger partial charge in [-0.3, -0.25) is 0 Å². The summed E-state index contributed by atoms with van der Waals surface area (Å²) in [5.74, 6) is 1.40. The Kier molecular flexibility index (Phi) is 2.27. The zero-order valence-corrected chi connectivity index (χ0v) is 10.1. The van der Waals surface area contributed by atoms with Gasteiger partial charge in [0.25, 0.3) is 0 Å². The highest BCUT2D eigenvalue weighted by Crippen LogP contribution is 2.34. The van der Waals surface area contributed by atoms with E-state index in [9.17, 15) is 0 Å². The second-order valence-corrected chi connectivity index (χ2v) is 4.95. The molecule has 2 heterocycles. The summed E-state index contributed by atoms with van der Waals surface area (Å²) < 4.78 is 11.7. The predicted octanol–water partition coefficient (Wildman–Crippen LogP) is 3.96. The van der Waals surface area contributed by atoms with Crippen LogP contribution in [0.3, 0.4) is 0 Å². The topological polar surface area (TPSA) is 22.4 Å². The van der Waals surface area contributed by atoms with Crippen molar-refractivity contribution in [2.24, 2.45) is 0 Å². The summed E-state index contributed by atoms with van der Waals surface area (Å²) in [6.07, 6.45) is 0. The van der Waals surface area contributed by atoms with Crippen LogP contribution in [0.2, 0.25) is 5.02 Å². The number of benzene rings is 1. The van der Waals surface area contributed by atoms with E-state index in [-0.39, 0.29) is 0 Å². The van der Waals surface area contributed by atoms with Crippen LogP contribution in [-0.4, -0.2) is 13.2 Å². The summed E-state index contributed by atoms with van der Waals surface area (Å²) in [4.78, 5) is 0. The number of rotatable bonds is 1. The lowest BCUT2D eigenvalue weighted by Gasteiger charge is -2.23. The van der Waals surface area contributed by atoms with Gasteiger partial charge in [0, 0.05) is 9.86 Å². The third-order valence-electron chi connectivity index (χ3n) is 2.62. The Hall–Kier alpha value is -0.510.